The maximum absolute atomic E-state index is 10.1. The van der Waals surface area contributed by atoms with E-state index in [1.54, 1.807) is 4.90 Å². The van der Waals surface area contributed by atoms with Gasteiger partial charge in [-0.3, -0.25) is 4.79 Å². The molecule has 3 heteroatoms. The average molecular weight is 141 g/mol. The van der Waals surface area contributed by atoms with Gasteiger partial charge in [0.05, 0.1) is 0 Å². The fourth-order valence-electron chi connectivity index (χ4n) is 1.16. The molecule has 0 aromatic rings. The van der Waals surface area contributed by atoms with E-state index in [2.05, 4.69) is 11.8 Å². The van der Waals surface area contributed by atoms with E-state index in [0.717, 1.165) is 32.7 Å². The van der Waals surface area contributed by atoms with Gasteiger partial charge in [-0.15, -0.1) is 0 Å². The molecule has 0 atom stereocenters. The molecule has 0 saturated carbocycles. The van der Waals surface area contributed by atoms with Crippen molar-refractivity contribution in [3.8, 4) is 0 Å². The van der Waals surface area contributed by atoms with Gasteiger partial charge in [-0.2, -0.15) is 0 Å². The molecule has 1 heterocycles. The van der Waals surface area contributed by atoms with Crippen LogP contribution < -0.4 is 0 Å². The highest BCUT2D eigenvalue weighted by Crippen LogP contribution is 1.97. The summed E-state index contributed by atoms with van der Waals surface area (Å²) in [5.74, 6) is 0. The Hall–Kier alpha value is -0.570. The Kier molecular flexibility index (Phi) is 2.68. The minimum Gasteiger partial charge on any atom is -0.332 e. The lowest BCUT2D eigenvalue weighted by Gasteiger charge is -2.30. The second-order valence-electron chi connectivity index (χ2n) is 2.51. The maximum atomic E-state index is 10.1. The van der Waals surface area contributed by atoms with E-state index < -0.39 is 0 Å². The van der Waals surface area contributed by atoms with E-state index in [-0.39, 0.29) is 0 Å². The number of hydrogen-bond donors (Lipinski definition) is 0. The van der Waals surface area contributed by atoms with Gasteiger partial charge in [0.1, 0.15) is 0 Å². The monoisotopic (exact) mass is 141 g/mol. The quantitative estimate of drug-likeness (QED) is 0.526. The molecule has 1 fully saturated rings. The van der Waals surface area contributed by atoms with Crippen molar-refractivity contribution in [3.05, 3.63) is 0 Å². The van der Waals surface area contributed by atoms with Gasteiger partial charge in [0.15, 0.2) is 0 Å². The van der Waals surface area contributed by atoms with Crippen LogP contribution in [0.25, 0.3) is 0 Å². The summed E-state index contributed by atoms with van der Waals surface area (Å²) in [4.78, 5) is 14.2. The molecule has 0 aromatic heterocycles. The number of nitrogens with zero attached hydrogens (tertiary/aromatic N) is 2. The van der Waals surface area contributed by atoms with Crippen molar-refractivity contribution in [2.75, 3.05) is 32.7 Å². The molecule has 0 N–H and O–H groups in total. The van der Waals surface area contributed by atoms with E-state index in [1.807, 2.05) is 6.41 Å². The Morgan fingerprint density at radius 1 is 1.30 bits per heavy atom. The topological polar surface area (TPSA) is 23.6 Å². The fraction of sp³-hybridized carbons (Fsp3) is 0.857. The molecule has 1 rings (SSSR count). The SMILES string of the molecule is CCN1CCN([C]=O)CC1. The van der Waals surface area contributed by atoms with E-state index in [1.165, 1.54) is 0 Å². The maximum Gasteiger partial charge on any atom is 0.312 e. The molecular formula is C7H13N2O. The number of likely N-dealkylation sites (N-methyl/N-ethyl adjacent to an activating group) is 1. The van der Waals surface area contributed by atoms with Crippen LogP contribution in [-0.4, -0.2) is 48.9 Å². The van der Waals surface area contributed by atoms with Crippen molar-refractivity contribution in [2.45, 2.75) is 6.92 Å². The predicted octanol–water partition coefficient (Wildman–Crippen LogP) is -0.309. The first kappa shape index (κ1) is 7.54. The van der Waals surface area contributed by atoms with Crippen LogP contribution in [0.5, 0.6) is 0 Å². The minimum absolute atomic E-state index is 0.845. The van der Waals surface area contributed by atoms with Gasteiger partial charge in [0, 0.05) is 26.2 Å². The normalized spacial score (nSPS) is 21.1. The van der Waals surface area contributed by atoms with Gasteiger partial charge in [0.25, 0.3) is 0 Å². The molecule has 1 radical (unpaired) electrons. The highest BCUT2D eigenvalue weighted by molar-refractivity contribution is 5.48. The summed E-state index contributed by atoms with van der Waals surface area (Å²) >= 11 is 0. The van der Waals surface area contributed by atoms with E-state index in [4.69, 9.17) is 0 Å². The molecule has 1 aliphatic heterocycles. The second-order valence-corrected chi connectivity index (χ2v) is 2.51. The average Bonchev–Trinajstić information content (AvgIpc) is 2.05. The number of amides is 1. The zero-order valence-corrected chi connectivity index (χ0v) is 6.34. The van der Waals surface area contributed by atoms with E-state index in [9.17, 15) is 4.79 Å². The minimum atomic E-state index is 0.845. The summed E-state index contributed by atoms with van der Waals surface area (Å²) in [5.41, 5.74) is 0. The molecule has 57 valence electrons. The van der Waals surface area contributed by atoms with Gasteiger partial charge in [-0.05, 0) is 6.54 Å². The van der Waals surface area contributed by atoms with E-state index in [0.29, 0.717) is 0 Å². The molecule has 1 saturated heterocycles. The van der Waals surface area contributed by atoms with Crippen LogP contribution in [0.4, 0.5) is 0 Å². The van der Waals surface area contributed by atoms with Crippen LogP contribution in [0.1, 0.15) is 6.92 Å². The molecule has 1 aliphatic rings. The highest BCUT2D eigenvalue weighted by Gasteiger charge is 2.13. The smallest absolute Gasteiger partial charge is 0.312 e. The number of carbonyl (C=O) groups excluding carboxylic acids is 1. The van der Waals surface area contributed by atoms with Crippen molar-refractivity contribution in [1.82, 2.24) is 9.80 Å². The van der Waals surface area contributed by atoms with Gasteiger partial charge >= 0.3 is 6.41 Å². The zero-order valence-electron chi connectivity index (χ0n) is 6.34. The Labute approximate surface area is 61.6 Å². The number of rotatable bonds is 2. The van der Waals surface area contributed by atoms with Gasteiger partial charge in [0.2, 0.25) is 0 Å². The predicted molar refractivity (Wildman–Crippen MR) is 39.4 cm³/mol. The van der Waals surface area contributed by atoms with Crippen molar-refractivity contribution in [3.63, 3.8) is 0 Å². The first-order chi connectivity index (χ1) is 4.86. The molecule has 0 spiro atoms. The standard InChI is InChI=1S/C7H13N2O/c1-2-8-3-5-9(7-10)6-4-8/h2-6H2,1H3. The Bertz CT molecular complexity index is 108. The zero-order chi connectivity index (χ0) is 7.40. The van der Waals surface area contributed by atoms with Crippen LogP contribution in [0, 0.1) is 0 Å². The summed E-state index contributed by atoms with van der Waals surface area (Å²) < 4.78 is 0. The first-order valence-corrected chi connectivity index (χ1v) is 3.72. The molecule has 10 heavy (non-hydrogen) atoms. The highest BCUT2D eigenvalue weighted by atomic mass is 16.1. The molecular weight excluding hydrogens is 128 g/mol. The van der Waals surface area contributed by atoms with Crippen LogP contribution in [0.2, 0.25) is 0 Å². The van der Waals surface area contributed by atoms with Crippen LogP contribution in [0.15, 0.2) is 0 Å². The van der Waals surface area contributed by atoms with Gasteiger partial charge in [-0.25, -0.2) is 0 Å². The summed E-state index contributed by atoms with van der Waals surface area (Å²) in [5, 5.41) is 0. The van der Waals surface area contributed by atoms with Crippen LogP contribution in [0.3, 0.4) is 0 Å². The summed E-state index contributed by atoms with van der Waals surface area (Å²) in [6.07, 6.45) is 1.91. The first-order valence-electron chi connectivity index (χ1n) is 3.72. The third kappa shape index (κ3) is 1.70. The lowest BCUT2D eigenvalue weighted by molar-refractivity contribution is 0.186. The molecule has 3 nitrogen and oxygen atoms in total. The van der Waals surface area contributed by atoms with Crippen molar-refractivity contribution >= 4 is 6.41 Å². The van der Waals surface area contributed by atoms with Crippen molar-refractivity contribution in [2.24, 2.45) is 0 Å². The summed E-state index contributed by atoms with van der Waals surface area (Å²) in [6.45, 7) is 6.93. The molecule has 0 bridgehead atoms. The summed E-state index contributed by atoms with van der Waals surface area (Å²) in [6, 6.07) is 0. The molecule has 0 aromatic carbocycles. The summed E-state index contributed by atoms with van der Waals surface area (Å²) in [7, 11) is 0. The van der Waals surface area contributed by atoms with Crippen molar-refractivity contribution < 1.29 is 4.79 Å². The van der Waals surface area contributed by atoms with Gasteiger partial charge in [-0.1, -0.05) is 6.92 Å². The largest absolute Gasteiger partial charge is 0.332 e. The van der Waals surface area contributed by atoms with E-state index >= 15 is 0 Å². The van der Waals surface area contributed by atoms with Crippen LogP contribution in [-0.2, 0) is 4.79 Å². The Morgan fingerprint density at radius 2 is 1.90 bits per heavy atom. The Morgan fingerprint density at radius 3 is 2.30 bits per heavy atom. The number of piperazine rings is 1. The molecule has 0 unspecified atom stereocenters. The number of hydrogen-bond acceptors (Lipinski definition) is 2. The molecule has 0 aliphatic carbocycles. The fourth-order valence-corrected chi connectivity index (χ4v) is 1.16. The second kappa shape index (κ2) is 3.56. The lowest BCUT2D eigenvalue weighted by Crippen LogP contribution is -2.45. The van der Waals surface area contributed by atoms with Crippen LogP contribution >= 0.6 is 0 Å². The third-order valence-electron chi connectivity index (χ3n) is 1.95. The Balaban J connectivity index is 2.23. The third-order valence-corrected chi connectivity index (χ3v) is 1.95. The van der Waals surface area contributed by atoms with Gasteiger partial charge < -0.3 is 9.80 Å². The van der Waals surface area contributed by atoms with Crippen molar-refractivity contribution in [1.29, 1.82) is 0 Å². The lowest BCUT2D eigenvalue weighted by atomic mass is 10.3. The molecule has 1 amide bonds.